The van der Waals surface area contributed by atoms with Crippen LogP contribution in [0.5, 0.6) is 0 Å². The first-order chi connectivity index (χ1) is 8.06. The molecule has 0 spiro atoms. The fourth-order valence-electron chi connectivity index (χ4n) is 1.27. The third-order valence-electron chi connectivity index (χ3n) is 1.98. The maximum absolute atomic E-state index is 13.4. The van der Waals surface area contributed by atoms with Crippen molar-refractivity contribution in [3.8, 4) is 0 Å². The minimum absolute atomic E-state index is 0.0325. The lowest BCUT2D eigenvalue weighted by molar-refractivity contribution is 0.581. The third kappa shape index (κ3) is 2.76. The van der Waals surface area contributed by atoms with Gasteiger partial charge in [0.05, 0.1) is 0 Å². The van der Waals surface area contributed by atoms with Gasteiger partial charge in [-0.2, -0.15) is 4.39 Å². The van der Waals surface area contributed by atoms with Gasteiger partial charge in [-0.15, -0.1) is 0 Å². The van der Waals surface area contributed by atoms with Crippen LogP contribution < -0.4 is 5.32 Å². The SMILES string of the molecule is Fc1cccc(Nc2c(F)cc(Br)cc2F)n1. The quantitative estimate of drug-likeness (QED) is 0.848. The lowest BCUT2D eigenvalue weighted by atomic mass is 10.3. The number of pyridine rings is 1. The largest absolute Gasteiger partial charge is 0.335 e. The van der Waals surface area contributed by atoms with E-state index in [1.165, 1.54) is 12.1 Å². The second-order valence-electron chi connectivity index (χ2n) is 3.21. The van der Waals surface area contributed by atoms with Crippen molar-refractivity contribution in [2.75, 3.05) is 5.32 Å². The van der Waals surface area contributed by atoms with Gasteiger partial charge >= 0.3 is 0 Å². The van der Waals surface area contributed by atoms with E-state index in [1.807, 2.05) is 0 Å². The van der Waals surface area contributed by atoms with Crippen LogP contribution in [0.2, 0.25) is 0 Å². The number of hydrogen-bond donors (Lipinski definition) is 1. The maximum Gasteiger partial charge on any atom is 0.214 e. The molecule has 1 aromatic heterocycles. The van der Waals surface area contributed by atoms with Crippen molar-refractivity contribution < 1.29 is 13.2 Å². The second-order valence-corrected chi connectivity index (χ2v) is 4.13. The van der Waals surface area contributed by atoms with Crippen molar-refractivity contribution in [1.29, 1.82) is 0 Å². The number of nitrogens with one attached hydrogen (secondary N) is 1. The number of halogens is 4. The number of aromatic nitrogens is 1. The van der Waals surface area contributed by atoms with Gasteiger partial charge in [-0.05, 0) is 24.3 Å². The van der Waals surface area contributed by atoms with Gasteiger partial charge in [0.15, 0.2) is 11.6 Å². The summed E-state index contributed by atoms with van der Waals surface area (Å²) >= 11 is 2.96. The van der Waals surface area contributed by atoms with Crippen LogP contribution in [0.4, 0.5) is 24.7 Å². The molecule has 1 aromatic carbocycles. The van der Waals surface area contributed by atoms with Crippen LogP contribution in [0.1, 0.15) is 0 Å². The van der Waals surface area contributed by atoms with E-state index < -0.39 is 17.6 Å². The Balaban J connectivity index is 2.36. The minimum atomic E-state index is -0.789. The highest BCUT2D eigenvalue weighted by Crippen LogP contribution is 2.26. The molecule has 0 aliphatic heterocycles. The van der Waals surface area contributed by atoms with Crippen LogP contribution >= 0.6 is 15.9 Å². The Kier molecular flexibility index (Phi) is 3.33. The normalized spacial score (nSPS) is 10.4. The van der Waals surface area contributed by atoms with Crippen molar-refractivity contribution >= 4 is 27.4 Å². The van der Waals surface area contributed by atoms with Crippen LogP contribution in [0.15, 0.2) is 34.8 Å². The topological polar surface area (TPSA) is 24.9 Å². The van der Waals surface area contributed by atoms with Crippen molar-refractivity contribution in [2.45, 2.75) is 0 Å². The van der Waals surface area contributed by atoms with E-state index in [2.05, 4.69) is 26.2 Å². The maximum atomic E-state index is 13.4. The highest BCUT2D eigenvalue weighted by Gasteiger charge is 2.11. The second kappa shape index (κ2) is 4.75. The van der Waals surface area contributed by atoms with Gasteiger partial charge in [-0.1, -0.05) is 22.0 Å². The first-order valence-corrected chi connectivity index (χ1v) is 5.39. The molecule has 0 unspecified atom stereocenters. The molecule has 2 nitrogen and oxygen atoms in total. The zero-order chi connectivity index (χ0) is 12.4. The highest BCUT2D eigenvalue weighted by atomic mass is 79.9. The summed E-state index contributed by atoms with van der Waals surface area (Å²) in [4.78, 5) is 3.45. The molecule has 2 rings (SSSR count). The summed E-state index contributed by atoms with van der Waals surface area (Å²) in [6.07, 6.45) is 0. The van der Waals surface area contributed by atoms with E-state index in [9.17, 15) is 13.2 Å². The molecule has 1 N–H and O–H groups in total. The van der Waals surface area contributed by atoms with E-state index in [-0.39, 0.29) is 16.0 Å². The van der Waals surface area contributed by atoms with Crippen molar-refractivity contribution in [2.24, 2.45) is 0 Å². The summed E-state index contributed by atoms with van der Waals surface area (Å²) in [5.74, 6) is -2.27. The Bertz CT molecular complexity index is 537. The Labute approximate surface area is 104 Å². The summed E-state index contributed by atoms with van der Waals surface area (Å²) in [6, 6.07) is 6.14. The van der Waals surface area contributed by atoms with Gasteiger partial charge in [0.1, 0.15) is 11.5 Å². The van der Waals surface area contributed by atoms with Crippen LogP contribution in [0.25, 0.3) is 0 Å². The predicted molar refractivity (Wildman–Crippen MR) is 61.5 cm³/mol. The molecule has 88 valence electrons. The fourth-order valence-corrected chi connectivity index (χ4v) is 1.67. The average molecular weight is 303 g/mol. The lowest BCUT2D eigenvalue weighted by Gasteiger charge is -2.08. The van der Waals surface area contributed by atoms with E-state index in [0.29, 0.717) is 0 Å². The monoisotopic (exact) mass is 302 g/mol. The van der Waals surface area contributed by atoms with E-state index in [4.69, 9.17) is 0 Å². The summed E-state index contributed by atoms with van der Waals surface area (Å²) < 4.78 is 40.0. The predicted octanol–water partition coefficient (Wildman–Crippen LogP) is 4.01. The summed E-state index contributed by atoms with van der Waals surface area (Å²) in [5.41, 5.74) is -0.369. The number of nitrogens with zero attached hydrogens (tertiary/aromatic N) is 1. The molecule has 0 aliphatic rings. The summed E-state index contributed by atoms with van der Waals surface area (Å²) in [7, 11) is 0. The fraction of sp³-hybridized carbons (Fsp3) is 0. The molecule has 6 heteroatoms. The number of rotatable bonds is 2. The molecular formula is C11H6BrF3N2. The Morgan fingerprint density at radius 3 is 2.29 bits per heavy atom. The van der Waals surface area contributed by atoms with Crippen LogP contribution in [0, 0.1) is 17.6 Å². The molecular weight excluding hydrogens is 297 g/mol. The summed E-state index contributed by atoms with van der Waals surface area (Å²) in [5, 5.41) is 2.39. The van der Waals surface area contributed by atoms with Crippen LogP contribution in [-0.2, 0) is 0 Å². The number of hydrogen-bond acceptors (Lipinski definition) is 2. The molecule has 0 saturated carbocycles. The van der Waals surface area contributed by atoms with Gasteiger partial charge in [0, 0.05) is 4.47 Å². The molecule has 0 radical (unpaired) electrons. The standard InChI is InChI=1S/C11H6BrF3N2/c12-6-4-7(13)11(8(14)5-6)17-10-3-1-2-9(15)16-10/h1-5H,(H,16,17). The van der Waals surface area contributed by atoms with Crippen molar-refractivity contribution in [1.82, 2.24) is 4.98 Å². The number of anilines is 2. The zero-order valence-corrected chi connectivity index (χ0v) is 9.93. The molecule has 0 bridgehead atoms. The highest BCUT2D eigenvalue weighted by molar-refractivity contribution is 9.10. The van der Waals surface area contributed by atoms with Crippen molar-refractivity contribution in [3.05, 3.63) is 52.4 Å². The Morgan fingerprint density at radius 2 is 1.71 bits per heavy atom. The summed E-state index contributed by atoms with van der Waals surface area (Å²) in [6.45, 7) is 0. The van der Waals surface area contributed by atoms with E-state index in [0.717, 1.165) is 18.2 Å². The van der Waals surface area contributed by atoms with Gasteiger partial charge in [-0.25, -0.2) is 13.8 Å². The molecule has 0 amide bonds. The average Bonchev–Trinajstić information content (AvgIpc) is 2.23. The third-order valence-corrected chi connectivity index (χ3v) is 2.43. The smallest absolute Gasteiger partial charge is 0.214 e. The van der Waals surface area contributed by atoms with Gasteiger partial charge in [0.25, 0.3) is 0 Å². The molecule has 17 heavy (non-hydrogen) atoms. The van der Waals surface area contributed by atoms with E-state index in [1.54, 1.807) is 0 Å². The van der Waals surface area contributed by atoms with Gasteiger partial charge in [-0.3, -0.25) is 0 Å². The molecule has 0 fully saturated rings. The first-order valence-electron chi connectivity index (χ1n) is 4.60. The van der Waals surface area contributed by atoms with Gasteiger partial charge < -0.3 is 5.32 Å². The number of benzene rings is 1. The zero-order valence-electron chi connectivity index (χ0n) is 8.35. The minimum Gasteiger partial charge on any atom is -0.335 e. The molecule has 2 aromatic rings. The lowest BCUT2D eigenvalue weighted by Crippen LogP contribution is -2.00. The molecule has 0 aliphatic carbocycles. The molecule has 0 saturated heterocycles. The van der Waals surface area contributed by atoms with Crippen LogP contribution in [0.3, 0.4) is 0 Å². The van der Waals surface area contributed by atoms with E-state index >= 15 is 0 Å². The first kappa shape index (κ1) is 11.9. The Hall–Kier alpha value is -1.56. The van der Waals surface area contributed by atoms with Crippen LogP contribution in [-0.4, -0.2) is 4.98 Å². The Morgan fingerprint density at radius 1 is 1.06 bits per heavy atom. The molecule has 0 atom stereocenters. The van der Waals surface area contributed by atoms with Crippen molar-refractivity contribution in [3.63, 3.8) is 0 Å². The molecule has 1 heterocycles. The van der Waals surface area contributed by atoms with Gasteiger partial charge in [0.2, 0.25) is 5.95 Å².